The normalized spacial score (nSPS) is 30.6. The Morgan fingerprint density at radius 1 is 0.633 bits per heavy atom. The van der Waals surface area contributed by atoms with E-state index in [-0.39, 0.29) is 0 Å². The molecule has 0 saturated heterocycles. The molecule has 0 heterocycles. The van der Waals surface area contributed by atoms with Gasteiger partial charge in [-0.2, -0.15) is 0 Å². The van der Waals surface area contributed by atoms with Crippen molar-refractivity contribution in [3.8, 4) is 0 Å². The number of hydrogen-bond acceptors (Lipinski definition) is 12. The maximum absolute atomic E-state index is 11.7. The minimum atomic E-state index is -2.37. The smallest absolute Gasteiger partial charge is 0.303 e. The summed E-state index contributed by atoms with van der Waals surface area (Å²) in [5.41, 5.74) is -2.37. The summed E-state index contributed by atoms with van der Waals surface area (Å²) >= 11 is 0. The summed E-state index contributed by atoms with van der Waals surface area (Å²) in [7, 11) is 0. The fourth-order valence-electron chi connectivity index (χ4n) is 3.39. The summed E-state index contributed by atoms with van der Waals surface area (Å²) in [6.45, 7) is 4.38. The number of ether oxygens (including phenoxy) is 5. The Bertz CT molecular complexity index is 643. The molecule has 0 aromatic rings. The molecule has 1 aliphatic carbocycles. The Labute approximate surface area is 172 Å². The summed E-state index contributed by atoms with van der Waals surface area (Å²) < 4.78 is 25.8. The largest absolute Gasteiger partial charge is 0.455 e. The molecule has 0 aromatic carbocycles. The van der Waals surface area contributed by atoms with E-state index in [1.807, 2.05) is 0 Å². The topological polar surface area (TPSA) is 172 Å². The summed E-state index contributed by atoms with van der Waals surface area (Å²) in [4.78, 5) is 58.5. The van der Waals surface area contributed by atoms with E-state index in [0.29, 0.717) is 0 Å². The second kappa shape index (κ2) is 10.3. The molecule has 0 amide bonds. The van der Waals surface area contributed by atoms with Gasteiger partial charge in [-0.25, -0.2) is 0 Å². The van der Waals surface area contributed by atoms with Crippen LogP contribution in [0.3, 0.4) is 0 Å². The first-order valence-electron chi connectivity index (χ1n) is 9.02. The molecule has 0 aromatic heterocycles. The van der Waals surface area contributed by atoms with E-state index in [4.69, 9.17) is 23.7 Å². The minimum Gasteiger partial charge on any atom is -0.455 e. The van der Waals surface area contributed by atoms with E-state index in [1.54, 1.807) is 0 Å². The first kappa shape index (κ1) is 25.3. The van der Waals surface area contributed by atoms with Crippen LogP contribution in [0.15, 0.2) is 0 Å². The number of carbonyl (C=O) groups excluding carboxylic acids is 5. The molecule has 0 aliphatic heterocycles. The quantitative estimate of drug-likeness (QED) is 0.361. The highest BCUT2D eigenvalue weighted by atomic mass is 16.7. The van der Waals surface area contributed by atoms with Crippen molar-refractivity contribution in [2.24, 2.45) is 0 Å². The van der Waals surface area contributed by atoms with Gasteiger partial charge in [0.2, 0.25) is 0 Å². The van der Waals surface area contributed by atoms with Gasteiger partial charge in [-0.3, -0.25) is 24.0 Å². The van der Waals surface area contributed by atoms with Gasteiger partial charge in [0.1, 0.15) is 5.60 Å². The Morgan fingerprint density at radius 2 is 0.933 bits per heavy atom. The molecule has 12 nitrogen and oxygen atoms in total. The van der Waals surface area contributed by atoms with E-state index in [1.165, 1.54) is 0 Å². The third kappa shape index (κ3) is 6.13. The molecule has 0 spiro atoms. The molecule has 2 N–H and O–H groups in total. The highest BCUT2D eigenvalue weighted by Gasteiger charge is 2.66. The van der Waals surface area contributed by atoms with Gasteiger partial charge in [-0.1, -0.05) is 0 Å². The highest BCUT2D eigenvalue weighted by Crippen LogP contribution is 2.40. The van der Waals surface area contributed by atoms with Crippen molar-refractivity contribution in [1.29, 1.82) is 0 Å². The lowest BCUT2D eigenvalue weighted by atomic mass is 9.72. The zero-order valence-electron chi connectivity index (χ0n) is 17.3. The molecule has 1 fully saturated rings. The minimum absolute atomic E-state index is 0.536. The van der Waals surface area contributed by atoms with E-state index in [2.05, 4.69) is 0 Å². The first-order valence-corrected chi connectivity index (χ1v) is 9.02. The monoisotopic (exact) mass is 434 g/mol. The van der Waals surface area contributed by atoms with Crippen LogP contribution in [0.4, 0.5) is 0 Å². The lowest BCUT2D eigenvalue weighted by Gasteiger charge is -2.51. The third-order valence-corrected chi connectivity index (χ3v) is 4.23. The molecule has 12 heteroatoms. The Balaban J connectivity index is 3.74. The number of aliphatic hydroxyl groups is 2. The van der Waals surface area contributed by atoms with Crippen LogP contribution in [-0.2, 0) is 47.7 Å². The maximum Gasteiger partial charge on any atom is 0.303 e. The van der Waals surface area contributed by atoms with Crippen LogP contribution in [0.5, 0.6) is 0 Å². The van der Waals surface area contributed by atoms with Crippen LogP contribution in [0, 0.1) is 0 Å². The second-order valence-electron chi connectivity index (χ2n) is 6.75. The summed E-state index contributed by atoms with van der Waals surface area (Å²) in [5.74, 6) is -4.50. The molecule has 1 rings (SSSR count). The molecule has 4 unspecified atom stereocenters. The van der Waals surface area contributed by atoms with Crippen molar-refractivity contribution in [1.82, 2.24) is 0 Å². The number of aliphatic hydroxyl groups excluding tert-OH is 1. The van der Waals surface area contributed by atoms with E-state index in [0.717, 1.165) is 34.6 Å². The molecule has 170 valence electrons. The zero-order chi connectivity index (χ0) is 23.2. The van der Waals surface area contributed by atoms with E-state index < -0.39 is 79.0 Å². The van der Waals surface area contributed by atoms with E-state index >= 15 is 0 Å². The Morgan fingerprint density at radius 3 is 1.20 bits per heavy atom. The lowest BCUT2D eigenvalue weighted by molar-refractivity contribution is -0.288. The van der Waals surface area contributed by atoms with Crippen LogP contribution in [0.2, 0.25) is 0 Å². The van der Waals surface area contributed by atoms with Gasteiger partial charge in [0.05, 0.1) is 0 Å². The average molecular weight is 434 g/mol. The van der Waals surface area contributed by atoms with Gasteiger partial charge in [-0.15, -0.1) is 0 Å². The van der Waals surface area contributed by atoms with Crippen molar-refractivity contribution >= 4 is 29.8 Å². The van der Waals surface area contributed by atoms with E-state index in [9.17, 15) is 34.2 Å². The van der Waals surface area contributed by atoms with Crippen LogP contribution in [0.1, 0.15) is 41.0 Å². The number of hydrogen-bond donors (Lipinski definition) is 2. The average Bonchev–Trinajstić information content (AvgIpc) is 2.57. The first-order chi connectivity index (χ1) is 13.8. The summed E-state index contributed by atoms with van der Waals surface area (Å²) in [6.07, 6.45) is -8.93. The number of carbonyl (C=O) groups is 5. The predicted molar refractivity (Wildman–Crippen MR) is 94.4 cm³/mol. The third-order valence-electron chi connectivity index (χ3n) is 4.23. The standard InChI is InChI=1S/C18H26O12/c1-8(20)26-13-14(27-9(2)21)16(29-11(4)23)18(25,6-7-19)17(30-12(5)24)15(13)28-10(3)22/h13-17,19,25H,6-7H2,1-5H3/t13-,14?,15?,16?,17?,18+. The SMILES string of the molecule is CC(=O)OC1C(OC(C)=O)[C@](O)(CCO)C(OC(C)=O)C(OC(C)=O)[C@H]1OC(C)=O. The van der Waals surface area contributed by atoms with Crippen LogP contribution >= 0.6 is 0 Å². The van der Waals surface area contributed by atoms with Crippen LogP contribution < -0.4 is 0 Å². The van der Waals surface area contributed by atoms with Crippen LogP contribution in [-0.4, -0.2) is 82.8 Å². The predicted octanol–water partition coefficient (Wildman–Crippen LogP) is -1.23. The molecule has 0 bridgehead atoms. The van der Waals surface area contributed by atoms with Gasteiger partial charge < -0.3 is 33.9 Å². The van der Waals surface area contributed by atoms with Gasteiger partial charge in [0.15, 0.2) is 30.5 Å². The number of rotatable bonds is 7. The van der Waals surface area contributed by atoms with Gasteiger partial charge in [0.25, 0.3) is 0 Å². The lowest BCUT2D eigenvalue weighted by Crippen LogP contribution is -2.74. The van der Waals surface area contributed by atoms with Gasteiger partial charge >= 0.3 is 29.8 Å². The fourth-order valence-corrected chi connectivity index (χ4v) is 3.39. The highest BCUT2D eigenvalue weighted by molar-refractivity contribution is 5.70. The molecule has 1 aliphatic rings. The van der Waals surface area contributed by atoms with Crippen molar-refractivity contribution in [2.75, 3.05) is 6.61 Å². The number of esters is 5. The summed E-state index contributed by atoms with van der Waals surface area (Å²) in [5, 5.41) is 20.9. The maximum atomic E-state index is 11.7. The Hall–Kier alpha value is -2.73. The summed E-state index contributed by atoms with van der Waals surface area (Å²) in [6, 6.07) is 0. The molecular formula is C18H26O12. The van der Waals surface area contributed by atoms with Crippen molar-refractivity contribution in [2.45, 2.75) is 77.2 Å². The van der Waals surface area contributed by atoms with Crippen molar-refractivity contribution < 1.29 is 57.9 Å². The zero-order valence-corrected chi connectivity index (χ0v) is 17.3. The molecule has 30 heavy (non-hydrogen) atoms. The van der Waals surface area contributed by atoms with Gasteiger partial charge in [0, 0.05) is 47.6 Å². The Kier molecular flexibility index (Phi) is 8.73. The molecule has 4 atom stereocenters. The second-order valence-corrected chi connectivity index (χ2v) is 6.75. The molecular weight excluding hydrogens is 408 g/mol. The fraction of sp³-hybridized carbons (Fsp3) is 0.722. The van der Waals surface area contributed by atoms with Gasteiger partial charge in [-0.05, 0) is 0 Å². The van der Waals surface area contributed by atoms with Crippen molar-refractivity contribution in [3.05, 3.63) is 0 Å². The molecule has 0 radical (unpaired) electrons. The molecule has 1 saturated carbocycles. The van der Waals surface area contributed by atoms with Crippen LogP contribution in [0.25, 0.3) is 0 Å². The van der Waals surface area contributed by atoms with Crippen molar-refractivity contribution in [3.63, 3.8) is 0 Å².